The molecule has 5 aromatic rings. The first kappa shape index (κ1) is 22.7. The molecule has 0 aliphatic heterocycles. The Bertz CT molecular complexity index is 1610. The van der Waals surface area contributed by atoms with Gasteiger partial charge in [-0.3, -0.25) is 19.3 Å². The van der Waals surface area contributed by atoms with Crippen molar-refractivity contribution >= 4 is 17.4 Å². The molecule has 3 aromatic heterocycles. The van der Waals surface area contributed by atoms with Gasteiger partial charge in [-0.25, -0.2) is 14.6 Å². The Morgan fingerprint density at radius 2 is 1.64 bits per heavy atom. The number of hydrogen-bond acceptors (Lipinski definition) is 6. The number of nitrogen functional groups attached to an aromatic ring is 1. The van der Waals surface area contributed by atoms with Crippen LogP contribution in [0.2, 0.25) is 0 Å². The van der Waals surface area contributed by atoms with Gasteiger partial charge in [0.1, 0.15) is 22.8 Å². The zero-order chi connectivity index (χ0) is 25.2. The second-order valence-electron chi connectivity index (χ2n) is 8.17. The summed E-state index contributed by atoms with van der Waals surface area (Å²) >= 11 is 0. The van der Waals surface area contributed by atoms with Crippen molar-refractivity contribution in [2.45, 2.75) is 6.92 Å². The van der Waals surface area contributed by atoms with Gasteiger partial charge in [0.15, 0.2) is 0 Å². The van der Waals surface area contributed by atoms with E-state index in [-0.39, 0.29) is 16.9 Å². The van der Waals surface area contributed by atoms with Crippen LogP contribution in [-0.4, -0.2) is 30.2 Å². The predicted molar refractivity (Wildman–Crippen MR) is 139 cm³/mol. The molecule has 178 valence electrons. The summed E-state index contributed by atoms with van der Waals surface area (Å²) in [5.74, 6) is -0.195. The van der Waals surface area contributed by atoms with Crippen molar-refractivity contribution in [3.05, 3.63) is 107 Å². The van der Waals surface area contributed by atoms with Gasteiger partial charge >= 0.3 is 0 Å². The van der Waals surface area contributed by atoms with E-state index in [4.69, 9.17) is 5.73 Å². The number of amides is 1. The second-order valence-corrected chi connectivity index (χ2v) is 8.17. The van der Waals surface area contributed by atoms with Crippen LogP contribution in [0.1, 0.15) is 16.1 Å². The summed E-state index contributed by atoms with van der Waals surface area (Å²) in [4.78, 5) is 39.4. The van der Waals surface area contributed by atoms with Gasteiger partial charge in [-0.05, 0) is 43.3 Å². The van der Waals surface area contributed by atoms with E-state index in [0.29, 0.717) is 34.2 Å². The molecule has 0 unspecified atom stereocenters. The number of pyridine rings is 1. The van der Waals surface area contributed by atoms with Crippen molar-refractivity contribution in [2.75, 3.05) is 11.1 Å². The molecule has 9 heteroatoms. The van der Waals surface area contributed by atoms with Crippen molar-refractivity contribution in [3.8, 4) is 28.3 Å². The van der Waals surface area contributed by atoms with Crippen LogP contribution in [-0.2, 0) is 7.05 Å². The van der Waals surface area contributed by atoms with E-state index in [0.717, 1.165) is 5.56 Å². The Balaban J connectivity index is 1.41. The molecule has 0 bridgehead atoms. The highest BCUT2D eigenvalue weighted by Crippen LogP contribution is 2.26. The summed E-state index contributed by atoms with van der Waals surface area (Å²) in [5, 5.41) is 2.82. The van der Waals surface area contributed by atoms with E-state index >= 15 is 0 Å². The quantitative estimate of drug-likeness (QED) is 0.397. The fourth-order valence-electron chi connectivity index (χ4n) is 3.98. The standard InChI is InChI=1S/C27H23N7O2/c1-17-23(27(36)34(33(17)2)20-8-4-3-5-9-20)26(35)31-19-13-11-18(12-14-19)24-25(28)30-16-22(32-24)21-10-6-7-15-29-21/h3-16H,1-2H3,(H2,28,30)(H,31,35). The molecule has 0 atom stereocenters. The van der Waals surface area contributed by atoms with Crippen LogP contribution in [0.15, 0.2) is 90.0 Å². The fraction of sp³-hybridized carbons (Fsp3) is 0.0741. The molecule has 0 radical (unpaired) electrons. The number of para-hydroxylation sites is 1. The molecule has 2 aromatic carbocycles. The largest absolute Gasteiger partial charge is 0.382 e. The van der Waals surface area contributed by atoms with Crippen molar-refractivity contribution in [1.82, 2.24) is 24.3 Å². The molecule has 9 nitrogen and oxygen atoms in total. The molecule has 3 N–H and O–H groups in total. The number of hydrogen-bond donors (Lipinski definition) is 2. The zero-order valence-corrected chi connectivity index (χ0v) is 19.7. The van der Waals surface area contributed by atoms with Gasteiger partial charge in [0.05, 0.1) is 23.3 Å². The Morgan fingerprint density at radius 3 is 2.33 bits per heavy atom. The minimum atomic E-state index is -0.480. The van der Waals surface area contributed by atoms with E-state index in [9.17, 15) is 9.59 Å². The molecule has 5 rings (SSSR count). The van der Waals surface area contributed by atoms with Crippen molar-refractivity contribution in [3.63, 3.8) is 0 Å². The Hall–Kier alpha value is -5.05. The lowest BCUT2D eigenvalue weighted by atomic mass is 10.1. The summed E-state index contributed by atoms with van der Waals surface area (Å²) in [6.45, 7) is 1.74. The first-order chi connectivity index (χ1) is 17.4. The third-order valence-corrected chi connectivity index (χ3v) is 5.93. The Morgan fingerprint density at radius 1 is 0.917 bits per heavy atom. The topological polar surface area (TPSA) is 121 Å². The average molecular weight is 478 g/mol. The first-order valence-corrected chi connectivity index (χ1v) is 11.2. The molecule has 0 saturated heterocycles. The fourth-order valence-corrected chi connectivity index (χ4v) is 3.98. The van der Waals surface area contributed by atoms with Crippen LogP contribution in [0.25, 0.3) is 28.3 Å². The molecule has 1 amide bonds. The van der Waals surface area contributed by atoms with E-state index < -0.39 is 5.91 Å². The average Bonchev–Trinajstić information content (AvgIpc) is 3.13. The Kier molecular flexibility index (Phi) is 5.87. The number of anilines is 2. The van der Waals surface area contributed by atoms with E-state index in [1.807, 2.05) is 48.5 Å². The minimum absolute atomic E-state index is 0.0867. The van der Waals surface area contributed by atoms with E-state index in [1.165, 1.54) is 4.68 Å². The molecule has 0 aliphatic carbocycles. The lowest BCUT2D eigenvalue weighted by Crippen LogP contribution is -2.25. The Labute approximate surface area is 206 Å². The summed E-state index contributed by atoms with van der Waals surface area (Å²) in [6.07, 6.45) is 3.27. The summed E-state index contributed by atoms with van der Waals surface area (Å²) in [5.41, 5.74) is 10.1. The molecule has 3 heterocycles. The molecule has 0 spiro atoms. The van der Waals surface area contributed by atoms with Crippen LogP contribution in [0.3, 0.4) is 0 Å². The number of aromatic nitrogens is 5. The molecule has 36 heavy (non-hydrogen) atoms. The second kappa shape index (κ2) is 9.30. The lowest BCUT2D eigenvalue weighted by Gasteiger charge is -2.09. The molecular formula is C27H23N7O2. The van der Waals surface area contributed by atoms with Crippen LogP contribution >= 0.6 is 0 Å². The highest BCUT2D eigenvalue weighted by atomic mass is 16.2. The highest BCUT2D eigenvalue weighted by molar-refractivity contribution is 6.05. The smallest absolute Gasteiger partial charge is 0.284 e. The number of nitrogens with two attached hydrogens (primary N) is 1. The number of benzene rings is 2. The molecule has 0 aliphatic rings. The molecular weight excluding hydrogens is 454 g/mol. The van der Waals surface area contributed by atoms with Gasteiger partial charge in [-0.15, -0.1) is 0 Å². The maximum absolute atomic E-state index is 13.1. The first-order valence-electron chi connectivity index (χ1n) is 11.2. The number of rotatable bonds is 5. The van der Waals surface area contributed by atoms with Crippen molar-refractivity contribution < 1.29 is 4.79 Å². The lowest BCUT2D eigenvalue weighted by molar-refractivity contribution is 0.102. The summed E-state index contributed by atoms with van der Waals surface area (Å²) in [7, 11) is 1.75. The van der Waals surface area contributed by atoms with Crippen molar-refractivity contribution in [1.29, 1.82) is 0 Å². The van der Waals surface area contributed by atoms with E-state index in [1.54, 1.807) is 55.3 Å². The maximum atomic E-state index is 13.1. The number of carbonyl (C=O) groups excluding carboxylic acids is 1. The summed E-state index contributed by atoms with van der Waals surface area (Å²) in [6, 6.07) is 21.8. The van der Waals surface area contributed by atoms with E-state index in [2.05, 4.69) is 20.3 Å². The van der Waals surface area contributed by atoms with Gasteiger partial charge in [-0.1, -0.05) is 36.4 Å². The van der Waals surface area contributed by atoms with Crippen LogP contribution in [0.4, 0.5) is 11.5 Å². The highest BCUT2D eigenvalue weighted by Gasteiger charge is 2.22. The van der Waals surface area contributed by atoms with Gasteiger partial charge in [0, 0.05) is 24.5 Å². The van der Waals surface area contributed by atoms with Gasteiger partial charge in [0.2, 0.25) is 0 Å². The maximum Gasteiger partial charge on any atom is 0.284 e. The number of nitrogens with one attached hydrogen (secondary N) is 1. The number of carbonyl (C=O) groups is 1. The minimum Gasteiger partial charge on any atom is -0.382 e. The zero-order valence-electron chi connectivity index (χ0n) is 19.7. The van der Waals surface area contributed by atoms with Gasteiger partial charge in [0.25, 0.3) is 11.5 Å². The van der Waals surface area contributed by atoms with Crippen LogP contribution < -0.4 is 16.6 Å². The SMILES string of the molecule is Cc1c(C(=O)Nc2ccc(-c3nc(-c4ccccn4)cnc3N)cc2)c(=O)n(-c2ccccc2)n1C. The van der Waals surface area contributed by atoms with Gasteiger partial charge < -0.3 is 11.1 Å². The monoisotopic (exact) mass is 477 g/mol. The van der Waals surface area contributed by atoms with Crippen LogP contribution in [0, 0.1) is 6.92 Å². The van der Waals surface area contributed by atoms with Crippen molar-refractivity contribution in [2.24, 2.45) is 7.05 Å². The van der Waals surface area contributed by atoms with Gasteiger partial charge in [-0.2, -0.15) is 0 Å². The van der Waals surface area contributed by atoms with Crippen LogP contribution in [0.5, 0.6) is 0 Å². The predicted octanol–water partition coefficient (Wildman–Crippen LogP) is 3.84. The third kappa shape index (κ3) is 4.14. The molecule has 0 fully saturated rings. The molecule has 0 saturated carbocycles. The number of nitrogens with zero attached hydrogens (tertiary/aromatic N) is 5. The third-order valence-electron chi connectivity index (χ3n) is 5.93. The normalized spacial score (nSPS) is 10.8. The summed E-state index contributed by atoms with van der Waals surface area (Å²) < 4.78 is 3.15.